The van der Waals surface area contributed by atoms with Gasteiger partial charge in [-0.15, -0.1) is 0 Å². The molecule has 0 saturated heterocycles. The zero-order valence-corrected chi connectivity index (χ0v) is 16.4. The number of fused-ring (bicyclic) bond motifs is 2. The molecule has 31 heavy (non-hydrogen) atoms. The number of nitrogen functional groups attached to an aromatic ring is 1. The summed E-state index contributed by atoms with van der Waals surface area (Å²) in [7, 11) is 0. The van der Waals surface area contributed by atoms with E-state index in [1.807, 2.05) is 36.4 Å². The number of anilines is 1. The maximum Gasteiger partial charge on any atom is 0.317 e. The van der Waals surface area contributed by atoms with Gasteiger partial charge in [0.2, 0.25) is 5.89 Å². The topological polar surface area (TPSA) is 136 Å². The van der Waals surface area contributed by atoms with Gasteiger partial charge in [-0.05, 0) is 53.9 Å². The summed E-state index contributed by atoms with van der Waals surface area (Å²) < 4.78 is 11.8. The quantitative estimate of drug-likeness (QED) is 0.219. The van der Waals surface area contributed by atoms with E-state index in [0.29, 0.717) is 34.0 Å². The fourth-order valence-electron chi connectivity index (χ4n) is 3.39. The minimum absolute atomic E-state index is 0.0320. The van der Waals surface area contributed by atoms with Crippen molar-refractivity contribution in [2.24, 2.45) is 5.92 Å². The van der Waals surface area contributed by atoms with Gasteiger partial charge in [0.15, 0.2) is 11.5 Å². The normalized spacial score (nSPS) is 11.3. The zero-order valence-electron chi connectivity index (χ0n) is 16.4. The van der Waals surface area contributed by atoms with Crippen LogP contribution in [0.25, 0.3) is 33.3 Å². The molecule has 0 fully saturated rings. The minimum atomic E-state index is -1.46. The van der Waals surface area contributed by atoms with E-state index in [2.05, 4.69) is 4.98 Å². The molecular weight excluding hydrogens is 400 g/mol. The molecule has 0 unspecified atom stereocenters. The monoisotopic (exact) mass is 420 g/mol. The zero-order chi connectivity index (χ0) is 22.0. The van der Waals surface area contributed by atoms with E-state index in [9.17, 15) is 9.59 Å². The first kappa shape index (κ1) is 20.2. The van der Waals surface area contributed by atoms with Gasteiger partial charge >= 0.3 is 11.9 Å². The molecule has 1 heterocycles. The molecule has 8 heteroatoms. The number of benzene rings is 3. The lowest BCUT2D eigenvalue weighted by Gasteiger charge is -2.12. The second kappa shape index (κ2) is 8.35. The molecule has 0 bridgehead atoms. The summed E-state index contributed by atoms with van der Waals surface area (Å²) >= 11 is 0. The third-order valence-electron chi connectivity index (χ3n) is 4.98. The molecule has 4 rings (SSSR count). The first-order valence-corrected chi connectivity index (χ1v) is 9.70. The van der Waals surface area contributed by atoms with Crippen LogP contribution in [0.2, 0.25) is 0 Å². The Morgan fingerprint density at radius 2 is 1.74 bits per heavy atom. The molecule has 0 aliphatic rings. The van der Waals surface area contributed by atoms with Crippen LogP contribution >= 0.6 is 0 Å². The fourth-order valence-corrected chi connectivity index (χ4v) is 3.39. The number of aliphatic carboxylic acids is 2. The summed E-state index contributed by atoms with van der Waals surface area (Å²) in [5.41, 5.74) is 8.27. The van der Waals surface area contributed by atoms with Crippen LogP contribution in [-0.4, -0.2) is 33.7 Å². The SMILES string of the molecule is Nc1ccc2oc(-c3cc4ccccc4cc3OCCCC(C(=O)O)C(=O)O)nc2c1. The van der Waals surface area contributed by atoms with Crippen molar-refractivity contribution in [2.45, 2.75) is 12.8 Å². The predicted molar refractivity (Wildman–Crippen MR) is 115 cm³/mol. The van der Waals surface area contributed by atoms with Crippen LogP contribution in [-0.2, 0) is 9.59 Å². The van der Waals surface area contributed by atoms with Crippen molar-refractivity contribution in [1.29, 1.82) is 0 Å². The Balaban J connectivity index is 1.63. The van der Waals surface area contributed by atoms with E-state index in [-0.39, 0.29) is 19.4 Å². The Morgan fingerprint density at radius 3 is 2.45 bits per heavy atom. The predicted octanol–water partition coefficient (Wildman–Crippen LogP) is 4.17. The van der Waals surface area contributed by atoms with E-state index in [4.69, 9.17) is 25.1 Å². The molecule has 0 radical (unpaired) electrons. The van der Waals surface area contributed by atoms with E-state index < -0.39 is 17.9 Å². The lowest BCUT2D eigenvalue weighted by molar-refractivity contribution is -0.154. The summed E-state index contributed by atoms with van der Waals surface area (Å²) in [5, 5.41) is 19.9. The lowest BCUT2D eigenvalue weighted by atomic mass is 10.0. The molecule has 0 amide bonds. The van der Waals surface area contributed by atoms with Gasteiger partial charge in [-0.2, -0.15) is 0 Å². The van der Waals surface area contributed by atoms with Gasteiger partial charge in [0.05, 0.1) is 12.2 Å². The van der Waals surface area contributed by atoms with Gasteiger partial charge in [-0.1, -0.05) is 24.3 Å². The van der Waals surface area contributed by atoms with Crippen molar-refractivity contribution < 1.29 is 29.0 Å². The van der Waals surface area contributed by atoms with E-state index in [1.54, 1.807) is 18.2 Å². The van der Waals surface area contributed by atoms with Crippen molar-refractivity contribution >= 4 is 39.5 Å². The molecule has 0 saturated carbocycles. The van der Waals surface area contributed by atoms with Gasteiger partial charge in [0, 0.05) is 5.69 Å². The number of aromatic nitrogens is 1. The van der Waals surface area contributed by atoms with E-state index in [1.165, 1.54) is 0 Å². The summed E-state index contributed by atoms with van der Waals surface area (Å²) in [5.74, 6) is -3.29. The highest BCUT2D eigenvalue weighted by molar-refractivity contribution is 5.93. The molecule has 158 valence electrons. The second-order valence-electron chi connectivity index (χ2n) is 7.16. The standard InChI is InChI=1S/C23H20N2O6/c24-15-7-8-19-18(12-15)25-21(31-19)17-10-13-4-1-2-5-14(13)11-20(17)30-9-3-6-16(22(26)27)23(28)29/h1-2,4-5,7-8,10-12,16H,3,6,9,24H2,(H,26,27)(H,28,29). The highest BCUT2D eigenvalue weighted by Gasteiger charge is 2.25. The molecule has 8 nitrogen and oxygen atoms in total. The largest absolute Gasteiger partial charge is 0.493 e. The average Bonchev–Trinajstić information content (AvgIpc) is 3.15. The van der Waals surface area contributed by atoms with Gasteiger partial charge in [0.1, 0.15) is 11.3 Å². The van der Waals surface area contributed by atoms with Gasteiger partial charge in [-0.25, -0.2) is 4.98 Å². The van der Waals surface area contributed by atoms with Crippen molar-refractivity contribution in [3.05, 3.63) is 54.6 Å². The summed E-state index contributed by atoms with van der Waals surface area (Å²) in [6.07, 6.45) is 0.232. The minimum Gasteiger partial charge on any atom is -0.493 e. The van der Waals surface area contributed by atoms with Crippen molar-refractivity contribution in [2.75, 3.05) is 12.3 Å². The van der Waals surface area contributed by atoms with Crippen LogP contribution in [0.15, 0.2) is 59.0 Å². The number of carbonyl (C=O) groups is 2. The van der Waals surface area contributed by atoms with Gasteiger partial charge in [0.25, 0.3) is 0 Å². The lowest BCUT2D eigenvalue weighted by Crippen LogP contribution is -2.23. The number of nitrogens with zero attached hydrogens (tertiary/aromatic N) is 1. The smallest absolute Gasteiger partial charge is 0.317 e. The third-order valence-corrected chi connectivity index (χ3v) is 4.98. The average molecular weight is 420 g/mol. The maximum absolute atomic E-state index is 11.0. The van der Waals surface area contributed by atoms with Gasteiger partial charge < -0.3 is 25.1 Å². The molecule has 3 aromatic carbocycles. The number of rotatable bonds is 8. The van der Waals surface area contributed by atoms with Gasteiger partial charge in [-0.3, -0.25) is 9.59 Å². The number of hydrogen-bond donors (Lipinski definition) is 3. The molecule has 0 spiro atoms. The van der Waals surface area contributed by atoms with Crippen LogP contribution in [0.5, 0.6) is 5.75 Å². The Bertz CT molecular complexity index is 1270. The Hall–Kier alpha value is -4.07. The Kier molecular flexibility index (Phi) is 5.44. The highest BCUT2D eigenvalue weighted by Crippen LogP contribution is 2.36. The molecule has 4 N–H and O–H groups in total. The number of hydrogen-bond acceptors (Lipinski definition) is 6. The first-order chi connectivity index (χ1) is 14.9. The van der Waals surface area contributed by atoms with Crippen LogP contribution in [0.4, 0.5) is 5.69 Å². The van der Waals surface area contributed by atoms with Crippen LogP contribution in [0.1, 0.15) is 12.8 Å². The van der Waals surface area contributed by atoms with Crippen molar-refractivity contribution in [1.82, 2.24) is 4.98 Å². The number of oxazole rings is 1. The molecular formula is C23H20N2O6. The molecule has 4 aromatic rings. The fraction of sp³-hybridized carbons (Fsp3) is 0.174. The van der Waals surface area contributed by atoms with Crippen molar-refractivity contribution in [3.63, 3.8) is 0 Å². The molecule has 1 aromatic heterocycles. The summed E-state index contributed by atoms with van der Waals surface area (Å²) in [4.78, 5) is 26.6. The number of carboxylic acids is 2. The Morgan fingerprint density at radius 1 is 1.03 bits per heavy atom. The number of ether oxygens (including phenoxy) is 1. The van der Waals surface area contributed by atoms with E-state index in [0.717, 1.165) is 10.8 Å². The molecule has 0 aliphatic heterocycles. The van der Waals surface area contributed by atoms with Crippen LogP contribution in [0.3, 0.4) is 0 Å². The number of carboxylic acid groups (broad SMARTS) is 2. The van der Waals surface area contributed by atoms with Crippen molar-refractivity contribution in [3.8, 4) is 17.2 Å². The van der Waals surface area contributed by atoms with E-state index >= 15 is 0 Å². The third kappa shape index (κ3) is 4.28. The number of nitrogens with two attached hydrogens (primary N) is 1. The molecule has 0 aliphatic carbocycles. The highest BCUT2D eigenvalue weighted by atomic mass is 16.5. The summed E-state index contributed by atoms with van der Waals surface area (Å²) in [6, 6.07) is 16.7. The molecule has 0 atom stereocenters. The summed E-state index contributed by atoms with van der Waals surface area (Å²) in [6.45, 7) is 0.148. The Labute approximate surface area is 176 Å². The second-order valence-corrected chi connectivity index (χ2v) is 7.16. The van der Waals surface area contributed by atoms with Crippen LogP contribution < -0.4 is 10.5 Å². The maximum atomic E-state index is 11.0. The first-order valence-electron chi connectivity index (χ1n) is 9.70. The van der Waals surface area contributed by atoms with Crippen LogP contribution in [0, 0.1) is 5.92 Å².